The molecule has 0 bridgehead atoms. The number of rotatable bonds is 5. The first-order valence-corrected chi connectivity index (χ1v) is 7.68. The van der Waals surface area contributed by atoms with Crippen molar-refractivity contribution in [1.29, 1.82) is 0 Å². The smallest absolute Gasteiger partial charge is 0.127 e. The Morgan fingerprint density at radius 2 is 1.75 bits per heavy atom. The number of ether oxygens (including phenoxy) is 2. The predicted molar refractivity (Wildman–Crippen MR) is 85.9 cm³/mol. The second kappa shape index (κ2) is 6.80. The summed E-state index contributed by atoms with van der Waals surface area (Å²) in [4.78, 5) is 0. The number of alkyl halides is 1. The molecule has 0 spiro atoms. The van der Waals surface area contributed by atoms with E-state index >= 15 is 0 Å². The lowest BCUT2D eigenvalue weighted by Crippen LogP contribution is -2.02. The van der Waals surface area contributed by atoms with Crippen LogP contribution in [-0.2, 0) is 11.9 Å². The molecule has 2 rings (SSSR count). The van der Waals surface area contributed by atoms with Gasteiger partial charge in [-0.3, -0.25) is 0 Å². The minimum atomic E-state index is 0.575. The molecule has 0 unspecified atom stereocenters. The van der Waals surface area contributed by atoms with Crippen LogP contribution in [0, 0.1) is 13.8 Å². The van der Waals surface area contributed by atoms with E-state index in [0.29, 0.717) is 6.61 Å². The summed E-state index contributed by atoms with van der Waals surface area (Å²) in [6, 6.07) is 12.2. The van der Waals surface area contributed by atoms with E-state index in [-0.39, 0.29) is 0 Å². The number of hydrogen-bond donors (Lipinski definition) is 0. The Morgan fingerprint density at radius 1 is 1.05 bits per heavy atom. The maximum Gasteiger partial charge on any atom is 0.127 e. The normalized spacial score (nSPS) is 10.4. The Hall–Kier alpha value is -1.48. The van der Waals surface area contributed by atoms with Gasteiger partial charge in [-0.1, -0.05) is 40.2 Å². The van der Waals surface area contributed by atoms with Gasteiger partial charge in [0.2, 0.25) is 0 Å². The topological polar surface area (TPSA) is 18.5 Å². The van der Waals surface area contributed by atoms with Gasteiger partial charge in [-0.25, -0.2) is 0 Å². The summed E-state index contributed by atoms with van der Waals surface area (Å²) in [6.07, 6.45) is 0. The van der Waals surface area contributed by atoms with Crippen molar-refractivity contribution in [2.45, 2.75) is 25.8 Å². The molecule has 0 aliphatic carbocycles. The second-order valence-electron chi connectivity index (χ2n) is 4.77. The van der Waals surface area contributed by atoms with E-state index in [9.17, 15) is 0 Å². The Balaban J connectivity index is 2.22. The van der Waals surface area contributed by atoms with Gasteiger partial charge in [-0.15, -0.1) is 0 Å². The highest BCUT2D eigenvalue weighted by molar-refractivity contribution is 9.08. The highest BCUT2D eigenvalue weighted by atomic mass is 79.9. The second-order valence-corrected chi connectivity index (χ2v) is 5.33. The maximum absolute atomic E-state index is 6.01. The largest absolute Gasteiger partial charge is 0.497 e. The van der Waals surface area contributed by atoms with Gasteiger partial charge < -0.3 is 9.47 Å². The molecule has 0 saturated carbocycles. The molecule has 106 valence electrons. The van der Waals surface area contributed by atoms with Crippen molar-refractivity contribution in [3.63, 3.8) is 0 Å². The summed E-state index contributed by atoms with van der Waals surface area (Å²) in [6.45, 7) is 4.80. The molecule has 0 fully saturated rings. The van der Waals surface area contributed by atoms with Gasteiger partial charge in [-0.2, -0.15) is 0 Å². The molecule has 0 saturated heterocycles. The molecule has 2 nitrogen and oxygen atoms in total. The summed E-state index contributed by atoms with van der Waals surface area (Å²) >= 11 is 3.49. The molecular weight excluding hydrogens is 316 g/mol. The Kier molecular flexibility index (Phi) is 5.07. The SMILES string of the molecule is COc1ccc(CBr)c(OCc2c(C)cccc2C)c1. The van der Waals surface area contributed by atoms with Crippen LogP contribution in [0.4, 0.5) is 0 Å². The predicted octanol–water partition coefficient (Wildman–Crippen LogP) is 4.79. The van der Waals surface area contributed by atoms with E-state index in [4.69, 9.17) is 9.47 Å². The Labute approximate surface area is 128 Å². The summed E-state index contributed by atoms with van der Waals surface area (Å²) < 4.78 is 11.3. The van der Waals surface area contributed by atoms with Gasteiger partial charge in [0.25, 0.3) is 0 Å². The third-order valence-corrected chi connectivity index (χ3v) is 4.04. The molecule has 0 N–H and O–H groups in total. The monoisotopic (exact) mass is 334 g/mol. The minimum absolute atomic E-state index is 0.575. The molecule has 0 atom stereocenters. The quantitative estimate of drug-likeness (QED) is 0.732. The number of halogens is 1. The summed E-state index contributed by atoms with van der Waals surface area (Å²) in [5, 5.41) is 0.763. The average Bonchev–Trinajstić information content (AvgIpc) is 2.46. The van der Waals surface area contributed by atoms with Crippen LogP contribution >= 0.6 is 15.9 Å². The van der Waals surface area contributed by atoms with E-state index in [0.717, 1.165) is 22.4 Å². The van der Waals surface area contributed by atoms with Gasteiger partial charge in [0, 0.05) is 17.0 Å². The molecule has 2 aromatic carbocycles. The summed E-state index contributed by atoms with van der Waals surface area (Å²) in [5.41, 5.74) is 4.88. The Morgan fingerprint density at radius 3 is 2.35 bits per heavy atom. The number of methoxy groups -OCH3 is 1. The molecule has 0 radical (unpaired) electrons. The molecule has 2 aromatic rings. The van der Waals surface area contributed by atoms with E-state index < -0.39 is 0 Å². The lowest BCUT2D eigenvalue weighted by molar-refractivity contribution is 0.300. The third-order valence-electron chi connectivity index (χ3n) is 3.43. The van der Waals surface area contributed by atoms with Crippen molar-refractivity contribution in [3.8, 4) is 11.5 Å². The molecule has 0 heterocycles. The summed E-state index contributed by atoms with van der Waals surface area (Å²) in [5.74, 6) is 1.68. The highest BCUT2D eigenvalue weighted by Crippen LogP contribution is 2.28. The molecule has 0 amide bonds. The highest BCUT2D eigenvalue weighted by Gasteiger charge is 2.08. The van der Waals surface area contributed by atoms with Crippen LogP contribution in [0.1, 0.15) is 22.3 Å². The van der Waals surface area contributed by atoms with Crippen LogP contribution in [0.25, 0.3) is 0 Å². The van der Waals surface area contributed by atoms with Crippen molar-refractivity contribution >= 4 is 15.9 Å². The van der Waals surface area contributed by atoms with Crippen LogP contribution in [0.2, 0.25) is 0 Å². The van der Waals surface area contributed by atoms with Gasteiger partial charge in [0.05, 0.1) is 7.11 Å². The standard InChI is InChI=1S/C17H19BrO2/c1-12-5-4-6-13(2)16(12)11-20-17-9-15(19-3)8-7-14(17)10-18/h4-9H,10-11H2,1-3H3. The van der Waals surface area contributed by atoms with Crippen molar-refractivity contribution in [2.75, 3.05) is 7.11 Å². The van der Waals surface area contributed by atoms with Crippen LogP contribution in [0.3, 0.4) is 0 Å². The van der Waals surface area contributed by atoms with Crippen molar-refractivity contribution in [3.05, 3.63) is 58.7 Å². The van der Waals surface area contributed by atoms with Gasteiger partial charge in [0.15, 0.2) is 0 Å². The van der Waals surface area contributed by atoms with E-state index in [1.807, 2.05) is 18.2 Å². The van der Waals surface area contributed by atoms with Gasteiger partial charge in [-0.05, 0) is 36.6 Å². The van der Waals surface area contributed by atoms with Gasteiger partial charge >= 0.3 is 0 Å². The fourth-order valence-electron chi connectivity index (χ4n) is 2.13. The first-order valence-electron chi connectivity index (χ1n) is 6.56. The molecule has 20 heavy (non-hydrogen) atoms. The number of benzene rings is 2. The van der Waals surface area contributed by atoms with Crippen molar-refractivity contribution in [2.24, 2.45) is 0 Å². The van der Waals surface area contributed by atoms with E-state index in [1.165, 1.54) is 16.7 Å². The maximum atomic E-state index is 6.01. The first-order chi connectivity index (χ1) is 9.65. The Bertz CT molecular complexity index is 573. The number of hydrogen-bond acceptors (Lipinski definition) is 2. The molecule has 3 heteroatoms. The third kappa shape index (κ3) is 3.34. The zero-order valence-electron chi connectivity index (χ0n) is 12.1. The van der Waals surface area contributed by atoms with Crippen LogP contribution < -0.4 is 9.47 Å². The molecular formula is C17H19BrO2. The number of aryl methyl sites for hydroxylation is 2. The zero-order chi connectivity index (χ0) is 14.5. The van der Waals surface area contributed by atoms with E-state index in [2.05, 4.69) is 48.0 Å². The fraction of sp³-hybridized carbons (Fsp3) is 0.294. The zero-order valence-corrected chi connectivity index (χ0v) is 13.7. The lowest BCUT2D eigenvalue weighted by atomic mass is 10.0. The van der Waals surface area contributed by atoms with Gasteiger partial charge in [0.1, 0.15) is 18.1 Å². The van der Waals surface area contributed by atoms with E-state index in [1.54, 1.807) is 7.11 Å². The molecule has 0 aromatic heterocycles. The van der Waals surface area contributed by atoms with Crippen molar-refractivity contribution < 1.29 is 9.47 Å². The van der Waals surface area contributed by atoms with Crippen LogP contribution in [-0.4, -0.2) is 7.11 Å². The molecule has 0 aliphatic rings. The lowest BCUT2D eigenvalue weighted by Gasteiger charge is -2.14. The first kappa shape index (κ1) is 14.9. The van der Waals surface area contributed by atoms with Crippen molar-refractivity contribution in [1.82, 2.24) is 0 Å². The molecule has 0 aliphatic heterocycles. The minimum Gasteiger partial charge on any atom is -0.497 e. The van der Waals surface area contributed by atoms with Crippen LogP contribution in [0.5, 0.6) is 11.5 Å². The fourth-order valence-corrected chi connectivity index (χ4v) is 2.60. The van der Waals surface area contributed by atoms with Crippen LogP contribution in [0.15, 0.2) is 36.4 Å². The average molecular weight is 335 g/mol. The summed E-state index contributed by atoms with van der Waals surface area (Å²) in [7, 11) is 1.67.